The molecule has 2 atom stereocenters. The Bertz CT molecular complexity index is 1180. The summed E-state index contributed by atoms with van der Waals surface area (Å²) >= 11 is 0. The highest BCUT2D eigenvalue weighted by Gasteiger charge is 2.48. The van der Waals surface area contributed by atoms with Crippen molar-refractivity contribution < 1.29 is 29.1 Å². The van der Waals surface area contributed by atoms with E-state index in [1.165, 1.54) is 14.9 Å². The Labute approximate surface area is 221 Å². The van der Waals surface area contributed by atoms with Gasteiger partial charge in [-0.15, -0.1) is 0 Å². The zero-order valence-electron chi connectivity index (χ0n) is 21.7. The summed E-state index contributed by atoms with van der Waals surface area (Å²) in [5.74, 6) is -1.00. The molecule has 4 rings (SSSR count). The number of nitrogens with one attached hydrogen (secondary N) is 2. The summed E-state index contributed by atoms with van der Waals surface area (Å²) in [5.41, 5.74) is 6.23. The molecule has 202 valence electrons. The summed E-state index contributed by atoms with van der Waals surface area (Å²) < 4.78 is 0. The van der Waals surface area contributed by atoms with Crippen LogP contribution in [-0.2, 0) is 22.8 Å². The summed E-state index contributed by atoms with van der Waals surface area (Å²) in [5, 5.41) is 10.8. The van der Waals surface area contributed by atoms with E-state index in [2.05, 4.69) is 10.9 Å². The summed E-state index contributed by atoms with van der Waals surface area (Å²) in [6.45, 7) is 6.24. The zero-order chi connectivity index (χ0) is 27.4. The molecule has 0 saturated carbocycles. The van der Waals surface area contributed by atoms with Crippen LogP contribution in [0.1, 0.15) is 55.1 Å². The number of rotatable bonds is 7. The second-order valence-electron chi connectivity index (χ2n) is 10.4. The second-order valence-corrected chi connectivity index (χ2v) is 10.4. The lowest BCUT2D eigenvalue weighted by atomic mass is 10.0. The predicted octanol–water partition coefficient (Wildman–Crippen LogP) is 3.13. The van der Waals surface area contributed by atoms with Gasteiger partial charge in [-0.1, -0.05) is 42.5 Å². The van der Waals surface area contributed by atoms with Crippen molar-refractivity contribution in [1.29, 1.82) is 0 Å². The molecule has 2 aliphatic heterocycles. The first-order valence-electron chi connectivity index (χ1n) is 12.5. The number of hydrazine groups is 1. The maximum absolute atomic E-state index is 12.9. The zero-order valence-corrected chi connectivity index (χ0v) is 21.7. The number of urea groups is 1. The van der Waals surface area contributed by atoms with E-state index >= 15 is 0 Å². The van der Waals surface area contributed by atoms with E-state index in [4.69, 9.17) is 4.84 Å². The molecule has 11 nitrogen and oxygen atoms in total. The summed E-state index contributed by atoms with van der Waals surface area (Å²) in [7, 11) is 0. The van der Waals surface area contributed by atoms with Crippen LogP contribution in [0.2, 0.25) is 0 Å². The van der Waals surface area contributed by atoms with Crippen molar-refractivity contribution in [2.24, 2.45) is 0 Å². The van der Waals surface area contributed by atoms with Crippen LogP contribution in [0.25, 0.3) is 0 Å². The van der Waals surface area contributed by atoms with Gasteiger partial charge < -0.3 is 10.0 Å². The Kier molecular flexibility index (Phi) is 7.86. The number of carboxylic acid groups (broad SMARTS) is 1. The number of carbonyl (C=O) groups is 4. The van der Waals surface area contributed by atoms with Crippen molar-refractivity contribution in [2.45, 2.75) is 64.4 Å². The fourth-order valence-electron chi connectivity index (χ4n) is 4.60. The third-order valence-corrected chi connectivity index (χ3v) is 6.74. The number of hydroxylamine groups is 2. The highest BCUT2D eigenvalue weighted by Crippen LogP contribution is 2.30. The smallest absolute Gasteiger partial charge is 0.408 e. The van der Waals surface area contributed by atoms with Crippen LogP contribution in [-0.4, -0.2) is 68.1 Å². The van der Waals surface area contributed by atoms with Crippen LogP contribution in [0, 0.1) is 0 Å². The van der Waals surface area contributed by atoms with Gasteiger partial charge in [0.1, 0.15) is 12.6 Å². The van der Waals surface area contributed by atoms with Crippen molar-refractivity contribution in [1.82, 2.24) is 25.7 Å². The lowest BCUT2D eigenvalue weighted by Gasteiger charge is -2.33. The van der Waals surface area contributed by atoms with Crippen LogP contribution in [0.3, 0.4) is 0 Å². The first-order valence-corrected chi connectivity index (χ1v) is 12.5. The van der Waals surface area contributed by atoms with E-state index in [1.54, 1.807) is 24.3 Å². The maximum atomic E-state index is 12.9. The monoisotopic (exact) mass is 523 g/mol. The minimum absolute atomic E-state index is 0.126. The fourth-order valence-corrected chi connectivity index (χ4v) is 4.60. The molecule has 0 unspecified atom stereocenters. The van der Waals surface area contributed by atoms with Gasteiger partial charge in [0.2, 0.25) is 0 Å². The molecule has 5 amide bonds. The number of benzene rings is 2. The molecule has 2 heterocycles. The number of hydrogen-bond acceptors (Lipinski definition) is 5. The molecular weight excluding hydrogens is 490 g/mol. The van der Waals surface area contributed by atoms with Crippen molar-refractivity contribution in [3.05, 3.63) is 71.3 Å². The van der Waals surface area contributed by atoms with E-state index in [1.807, 2.05) is 51.1 Å². The Hall–Kier alpha value is -4.12. The fraction of sp³-hybridized carbons (Fsp3) is 0.407. The van der Waals surface area contributed by atoms with Crippen LogP contribution < -0.4 is 10.9 Å². The Morgan fingerprint density at radius 3 is 2.32 bits per heavy atom. The minimum Gasteiger partial charge on any atom is -0.465 e. The third-order valence-electron chi connectivity index (χ3n) is 6.74. The highest BCUT2D eigenvalue weighted by atomic mass is 16.7. The molecule has 2 aromatic rings. The maximum Gasteiger partial charge on any atom is 0.408 e. The van der Waals surface area contributed by atoms with E-state index in [0.717, 1.165) is 11.1 Å². The second kappa shape index (κ2) is 11.1. The Morgan fingerprint density at radius 2 is 1.68 bits per heavy atom. The number of hydrogen-bond donors (Lipinski definition) is 3. The standard InChI is InChI=1S/C27H33N5O6/c1-27(2,3)31(26(36)37)15-18-9-11-20(12-10-18)23(33)28-29-24(34)22-14-13-21-16-30(22)25(35)32(21)38-17-19-7-5-4-6-8-19/h4-12,21-22H,13-17H2,1-3H3,(H,28,33)(H,29,34)(H,36,37)/t21-,22+/m1/s1. The average Bonchev–Trinajstić information content (AvgIpc) is 3.13. The molecule has 3 N–H and O–H groups in total. The van der Waals surface area contributed by atoms with Crippen molar-refractivity contribution >= 4 is 23.9 Å². The van der Waals surface area contributed by atoms with Gasteiger partial charge in [-0.25, -0.2) is 9.59 Å². The van der Waals surface area contributed by atoms with E-state index in [-0.39, 0.29) is 25.2 Å². The molecule has 0 spiro atoms. The minimum atomic E-state index is -1.03. The quantitative estimate of drug-likeness (QED) is 0.478. The number of nitrogens with zero attached hydrogens (tertiary/aromatic N) is 3. The molecule has 0 aliphatic carbocycles. The first kappa shape index (κ1) is 26.9. The Balaban J connectivity index is 1.29. The summed E-state index contributed by atoms with van der Waals surface area (Å²) in [6, 6.07) is 14.8. The first-order chi connectivity index (χ1) is 18.0. The van der Waals surface area contributed by atoms with E-state index in [0.29, 0.717) is 24.9 Å². The van der Waals surface area contributed by atoms with Crippen LogP contribution in [0.15, 0.2) is 54.6 Å². The molecule has 0 aromatic heterocycles. The molecule has 2 bridgehead atoms. The largest absolute Gasteiger partial charge is 0.465 e. The Morgan fingerprint density at radius 1 is 1.00 bits per heavy atom. The van der Waals surface area contributed by atoms with Gasteiger partial charge in [-0.3, -0.25) is 30.2 Å². The molecular formula is C27H33N5O6. The van der Waals surface area contributed by atoms with Crippen LogP contribution in [0.5, 0.6) is 0 Å². The third kappa shape index (κ3) is 6.05. The van der Waals surface area contributed by atoms with Crippen molar-refractivity contribution in [2.75, 3.05) is 6.54 Å². The molecule has 2 aliphatic rings. The molecule has 11 heteroatoms. The lowest BCUT2D eigenvalue weighted by molar-refractivity contribution is -0.140. The summed E-state index contributed by atoms with van der Waals surface area (Å²) in [4.78, 5) is 58.5. The van der Waals surface area contributed by atoms with Crippen LogP contribution in [0.4, 0.5) is 9.59 Å². The van der Waals surface area contributed by atoms with Crippen LogP contribution >= 0.6 is 0 Å². The molecule has 2 saturated heterocycles. The molecule has 2 fully saturated rings. The van der Waals surface area contributed by atoms with Gasteiger partial charge in [-0.05, 0) is 56.9 Å². The van der Waals surface area contributed by atoms with Gasteiger partial charge >= 0.3 is 12.1 Å². The van der Waals surface area contributed by atoms with Crippen molar-refractivity contribution in [3.8, 4) is 0 Å². The van der Waals surface area contributed by atoms with Gasteiger partial charge in [0.05, 0.1) is 6.04 Å². The number of carbonyl (C=O) groups excluding carboxylic acids is 3. The van der Waals surface area contributed by atoms with Gasteiger partial charge in [0.15, 0.2) is 0 Å². The van der Waals surface area contributed by atoms with Gasteiger partial charge in [0.25, 0.3) is 11.8 Å². The average molecular weight is 524 g/mol. The van der Waals surface area contributed by atoms with Gasteiger partial charge in [0, 0.05) is 24.2 Å². The SMILES string of the molecule is CC(C)(C)N(Cc1ccc(C(=O)NNC(=O)[C@@H]2CC[C@@H]3CN2C(=O)N3OCc2ccccc2)cc1)C(=O)O. The highest BCUT2D eigenvalue weighted by molar-refractivity contribution is 5.96. The van der Waals surface area contributed by atoms with Crippen molar-refractivity contribution in [3.63, 3.8) is 0 Å². The number of amides is 5. The molecule has 2 aromatic carbocycles. The number of piperidine rings is 1. The molecule has 0 radical (unpaired) electrons. The molecule has 38 heavy (non-hydrogen) atoms. The topological polar surface area (TPSA) is 132 Å². The normalized spacial score (nSPS) is 18.8. The van der Waals surface area contributed by atoms with E-state index < -0.39 is 29.5 Å². The van der Waals surface area contributed by atoms with E-state index in [9.17, 15) is 24.3 Å². The lowest BCUT2D eigenvalue weighted by Crippen LogP contribution is -2.54. The number of fused-ring (bicyclic) bond motifs is 2. The predicted molar refractivity (Wildman–Crippen MR) is 137 cm³/mol. The summed E-state index contributed by atoms with van der Waals surface area (Å²) in [6.07, 6.45) is 0.0246. The van der Waals surface area contributed by atoms with Gasteiger partial charge in [-0.2, -0.15) is 5.06 Å².